The summed E-state index contributed by atoms with van der Waals surface area (Å²) in [7, 11) is 0. The van der Waals surface area contributed by atoms with Crippen molar-refractivity contribution in [3.8, 4) is 0 Å². The Balaban J connectivity index is 2.19. The number of hydrogen-bond donors (Lipinski definition) is 1. The van der Waals surface area contributed by atoms with E-state index in [1.807, 2.05) is 0 Å². The SMILES string of the molecule is CC(=O)OC[C@H]1S[C@@H](NC(=S)N(C2=NCCS2)[C@@H]2S[C@H](COC(C)=O)[C@@H](OC(C)=O)[C@H](OC(C)=O)[C@H]2OC(C)=O)[C@H](OC(C)=O)[C@@H](OC(C)=O)[C@@H]1OC(C)=O. The minimum absolute atomic E-state index is 0.116. The Kier molecular flexibility index (Phi) is 17.3. The van der Waals surface area contributed by atoms with Gasteiger partial charge in [0.05, 0.1) is 17.0 Å². The van der Waals surface area contributed by atoms with Crippen LogP contribution in [0.2, 0.25) is 0 Å². The number of carbonyl (C=O) groups excluding carboxylic acids is 8. The smallest absolute Gasteiger partial charge is 0.303 e. The molecule has 55 heavy (non-hydrogen) atoms. The van der Waals surface area contributed by atoms with Gasteiger partial charge in [-0.1, -0.05) is 11.8 Å². The molecule has 23 heteroatoms. The molecule has 0 aromatic rings. The van der Waals surface area contributed by atoms with Crippen molar-refractivity contribution in [2.24, 2.45) is 4.99 Å². The van der Waals surface area contributed by atoms with Crippen LogP contribution < -0.4 is 5.32 Å². The largest absolute Gasteiger partial charge is 0.465 e. The number of rotatable bonds is 12. The molecule has 10 atom stereocenters. The normalized spacial score (nSPS) is 28.5. The summed E-state index contributed by atoms with van der Waals surface area (Å²) in [5.74, 6) is -5.51. The molecule has 19 nitrogen and oxygen atoms in total. The molecule has 2 fully saturated rings. The first-order valence-electron chi connectivity index (χ1n) is 16.7. The average Bonchev–Trinajstić information content (AvgIpc) is 3.58. The van der Waals surface area contributed by atoms with Crippen molar-refractivity contribution in [1.82, 2.24) is 10.2 Å². The standard InChI is InChI=1S/C32H43N3O16S4/c1-13(36)44-11-21-23(46-15(3)38)25(48-17(5)40)27(50-19(7)42)29(54-21)34-31(52)35(32-33-9-10-53-32)30-28(51-20(8)43)26(49-18(6)41)24(47-16(4)39)22(55-30)12-45-14(2)37/h21-30H,9-12H2,1-8H3,(H,34,52)/t21-,22-,23-,24-,25+,26+,27-,28-,29-,30-/m1/s1. The maximum Gasteiger partial charge on any atom is 0.303 e. The van der Waals surface area contributed by atoms with E-state index in [0.29, 0.717) is 17.5 Å². The average molecular weight is 854 g/mol. The minimum Gasteiger partial charge on any atom is -0.465 e. The van der Waals surface area contributed by atoms with Gasteiger partial charge in [0.25, 0.3) is 0 Å². The quantitative estimate of drug-likeness (QED) is 0.163. The number of thiocarbonyl (C=S) groups is 1. The fourth-order valence-corrected chi connectivity index (χ4v) is 10.2. The highest BCUT2D eigenvalue weighted by Gasteiger charge is 2.56. The van der Waals surface area contributed by atoms with E-state index in [1.165, 1.54) is 30.5 Å². The second-order valence-electron chi connectivity index (χ2n) is 12.0. The zero-order chi connectivity index (χ0) is 41.1. The molecule has 3 aliphatic rings. The van der Waals surface area contributed by atoms with Gasteiger partial charge in [0.15, 0.2) is 46.9 Å². The molecular formula is C32H43N3O16S4. The molecule has 0 spiro atoms. The van der Waals surface area contributed by atoms with Gasteiger partial charge in [0.1, 0.15) is 24.0 Å². The summed E-state index contributed by atoms with van der Waals surface area (Å²) in [6, 6.07) is 0. The van der Waals surface area contributed by atoms with Crippen LogP contribution in [0.4, 0.5) is 0 Å². The van der Waals surface area contributed by atoms with Crippen LogP contribution in [0.25, 0.3) is 0 Å². The lowest BCUT2D eigenvalue weighted by Gasteiger charge is -2.48. The first kappa shape index (κ1) is 45.6. The van der Waals surface area contributed by atoms with Gasteiger partial charge in [-0.2, -0.15) is 0 Å². The van der Waals surface area contributed by atoms with E-state index in [4.69, 9.17) is 50.1 Å². The van der Waals surface area contributed by atoms with Crippen LogP contribution in [-0.2, 0) is 76.3 Å². The number of ether oxygens (including phenoxy) is 8. The van der Waals surface area contributed by atoms with Crippen LogP contribution in [0.5, 0.6) is 0 Å². The lowest BCUT2D eigenvalue weighted by atomic mass is 10.0. The van der Waals surface area contributed by atoms with E-state index in [9.17, 15) is 38.4 Å². The fourth-order valence-electron chi connectivity index (χ4n) is 5.73. The van der Waals surface area contributed by atoms with Crippen molar-refractivity contribution in [3.63, 3.8) is 0 Å². The lowest BCUT2D eigenvalue weighted by Crippen LogP contribution is -2.66. The van der Waals surface area contributed by atoms with Crippen LogP contribution >= 0.6 is 47.5 Å². The topological polar surface area (TPSA) is 238 Å². The zero-order valence-corrected chi connectivity index (χ0v) is 34.4. The highest BCUT2D eigenvalue weighted by molar-refractivity contribution is 8.14. The number of esters is 8. The Morgan fingerprint density at radius 3 is 1.42 bits per heavy atom. The molecule has 0 aliphatic carbocycles. The molecule has 2 saturated heterocycles. The van der Waals surface area contributed by atoms with Crippen LogP contribution in [0.3, 0.4) is 0 Å². The highest BCUT2D eigenvalue weighted by atomic mass is 32.2. The van der Waals surface area contributed by atoms with E-state index in [-0.39, 0.29) is 18.3 Å². The number of nitrogens with one attached hydrogen (secondary N) is 1. The number of aliphatic imine (C=N–C) groups is 1. The van der Waals surface area contributed by atoms with Gasteiger partial charge in [-0.05, 0) is 12.2 Å². The van der Waals surface area contributed by atoms with Crippen LogP contribution in [0.1, 0.15) is 55.4 Å². The van der Waals surface area contributed by atoms with Crippen LogP contribution in [0, 0.1) is 0 Å². The molecule has 0 aromatic heterocycles. The van der Waals surface area contributed by atoms with Crippen molar-refractivity contribution in [2.75, 3.05) is 25.5 Å². The maximum atomic E-state index is 12.7. The second kappa shape index (κ2) is 20.9. The first-order chi connectivity index (χ1) is 25.8. The van der Waals surface area contributed by atoms with Crippen molar-refractivity contribution < 1.29 is 76.3 Å². The molecule has 3 rings (SSSR count). The number of nitrogens with zero attached hydrogens (tertiary/aromatic N) is 2. The van der Waals surface area contributed by atoms with Crippen molar-refractivity contribution in [3.05, 3.63) is 0 Å². The molecule has 0 radical (unpaired) electrons. The number of carbonyl (C=O) groups is 8. The molecule has 0 unspecified atom stereocenters. The van der Waals surface area contributed by atoms with Gasteiger partial charge < -0.3 is 43.2 Å². The van der Waals surface area contributed by atoms with E-state index in [0.717, 1.165) is 65.1 Å². The Labute approximate surface area is 334 Å². The molecule has 3 heterocycles. The van der Waals surface area contributed by atoms with E-state index < -0.39 is 106 Å². The Bertz CT molecular complexity index is 1550. The van der Waals surface area contributed by atoms with Crippen LogP contribution in [0.15, 0.2) is 4.99 Å². The summed E-state index contributed by atoms with van der Waals surface area (Å²) in [5, 5.41) is -0.703. The van der Waals surface area contributed by atoms with Gasteiger partial charge in [0.2, 0.25) is 0 Å². The molecule has 306 valence electrons. The van der Waals surface area contributed by atoms with Gasteiger partial charge >= 0.3 is 47.8 Å². The predicted molar refractivity (Wildman–Crippen MR) is 199 cm³/mol. The minimum atomic E-state index is -1.45. The van der Waals surface area contributed by atoms with Crippen molar-refractivity contribution in [2.45, 2.75) is 113 Å². The van der Waals surface area contributed by atoms with Crippen molar-refractivity contribution in [1.29, 1.82) is 0 Å². The number of hydrogen-bond acceptors (Lipinski definition) is 21. The summed E-state index contributed by atoms with van der Waals surface area (Å²) >= 11 is 9.33. The van der Waals surface area contributed by atoms with Gasteiger partial charge in [-0.3, -0.25) is 48.2 Å². The highest BCUT2D eigenvalue weighted by Crippen LogP contribution is 2.42. The Morgan fingerprint density at radius 2 is 1.00 bits per heavy atom. The molecule has 1 N–H and O–H groups in total. The summed E-state index contributed by atoms with van der Waals surface area (Å²) in [5.41, 5.74) is 0. The third-order valence-corrected chi connectivity index (χ3v) is 11.7. The molecule has 3 aliphatic heterocycles. The predicted octanol–water partition coefficient (Wildman–Crippen LogP) is 0.865. The molecule has 0 bridgehead atoms. The summed E-state index contributed by atoms with van der Waals surface area (Å²) < 4.78 is 44.4. The lowest BCUT2D eigenvalue weighted by molar-refractivity contribution is -0.187. The third kappa shape index (κ3) is 13.4. The monoisotopic (exact) mass is 853 g/mol. The molecular weight excluding hydrogens is 811 g/mol. The second-order valence-corrected chi connectivity index (χ2v) is 16.2. The Morgan fingerprint density at radius 1 is 0.600 bits per heavy atom. The molecule has 0 amide bonds. The first-order valence-corrected chi connectivity index (χ1v) is 19.9. The zero-order valence-electron chi connectivity index (χ0n) is 31.2. The van der Waals surface area contributed by atoms with E-state index in [2.05, 4.69) is 10.3 Å². The fraction of sp³-hybridized carbons (Fsp3) is 0.688. The van der Waals surface area contributed by atoms with E-state index in [1.54, 1.807) is 0 Å². The van der Waals surface area contributed by atoms with Gasteiger partial charge in [0, 0.05) is 61.1 Å². The molecule has 0 saturated carbocycles. The molecule has 0 aromatic carbocycles. The summed E-state index contributed by atoms with van der Waals surface area (Å²) in [4.78, 5) is 105. The number of amidine groups is 1. The van der Waals surface area contributed by atoms with Crippen molar-refractivity contribution >= 4 is 106 Å². The van der Waals surface area contributed by atoms with Gasteiger partial charge in [-0.25, -0.2) is 0 Å². The van der Waals surface area contributed by atoms with Crippen LogP contribution in [-0.4, -0.2) is 146 Å². The maximum absolute atomic E-state index is 12.7. The summed E-state index contributed by atoms with van der Waals surface area (Å²) in [6.07, 6.45) is -8.18. The third-order valence-electron chi connectivity index (χ3n) is 7.47. The van der Waals surface area contributed by atoms with Gasteiger partial charge in [-0.15, -0.1) is 23.5 Å². The summed E-state index contributed by atoms with van der Waals surface area (Å²) in [6.45, 7) is 8.76. The Hall–Kier alpha value is -3.83. The number of thioether (sulfide) groups is 3. The van der Waals surface area contributed by atoms with E-state index >= 15 is 0 Å².